The first-order chi connectivity index (χ1) is 28.9. The summed E-state index contributed by atoms with van der Waals surface area (Å²) in [7, 11) is 0. The van der Waals surface area contributed by atoms with E-state index in [1.165, 1.54) is 77.5 Å². The molecule has 6 heteroatoms. The second kappa shape index (κ2) is 12.0. The molecule has 0 saturated heterocycles. The van der Waals surface area contributed by atoms with Gasteiger partial charge in [-0.15, -0.1) is 0 Å². The van der Waals surface area contributed by atoms with E-state index in [4.69, 9.17) is 14.4 Å². The molecule has 0 N–H and O–H groups in total. The number of nitrogens with zero attached hydrogens (tertiary/aromatic N) is 4. The van der Waals surface area contributed by atoms with Gasteiger partial charge < -0.3 is 4.42 Å². The van der Waals surface area contributed by atoms with Gasteiger partial charge in [0.05, 0.1) is 16.6 Å². The quantitative estimate of drug-likeness (QED) is 0.168. The number of imidazole rings is 2. The summed E-state index contributed by atoms with van der Waals surface area (Å²) >= 11 is 0. The summed E-state index contributed by atoms with van der Waals surface area (Å²) in [4.78, 5) is 11.5. The number of hydrogen-bond donors (Lipinski definition) is 0. The average molecular weight is 777 g/mol. The standard InChI is InChI=1S/C54H45BN4O/c1-28-14-10-15-29(2)43(28)35-23-24-38-49-47(35)56-52(44-30(3)16-11-17-31(44)4)58(49)40-20-13-21-41-46(40)55(38)39-27-37-36-26-34(54(7,8)9)22-25-42(36)60-51(37)48-50(39)59(41)53(57-48)45-32(5)18-12-19-33(45)6/h10-27H,1-9H3. The van der Waals surface area contributed by atoms with Gasteiger partial charge in [0, 0.05) is 38.8 Å². The van der Waals surface area contributed by atoms with Crippen molar-refractivity contribution in [1.82, 2.24) is 19.1 Å². The van der Waals surface area contributed by atoms with E-state index < -0.39 is 0 Å². The van der Waals surface area contributed by atoms with E-state index in [9.17, 15) is 0 Å². The molecule has 0 atom stereocenters. The Bertz CT molecular complexity index is 3490. The maximum atomic E-state index is 6.90. The van der Waals surface area contributed by atoms with Crippen LogP contribution in [0.15, 0.2) is 114 Å². The molecule has 2 aliphatic heterocycles. The maximum Gasteiger partial charge on any atom is 0.252 e. The van der Waals surface area contributed by atoms with E-state index in [2.05, 4.69) is 181 Å². The Kier molecular flexibility index (Phi) is 7.05. The van der Waals surface area contributed by atoms with Gasteiger partial charge in [-0.1, -0.05) is 106 Å². The average Bonchev–Trinajstić information content (AvgIpc) is 3.91. The van der Waals surface area contributed by atoms with E-state index in [0.717, 1.165) is 67.1 Å². The normalized spacial score (nSPS) is 13.1. The van der Waals surface area contributed by atoms with E-state index in [1.807, 2.05) is 0 Å². The first-order valence-corrected chi connectivity index (χ1v) is 21.2. The largest absolute Gasteiger partial charge is 0.454 e. The van der Waals surface area contributed by atoms with Crippen LogP contribution in [0.3, 0.4) is 0 Å². The fourth-order valence-corrected chi connectivity index (χ4v) is 10.9. The molecule has 0 saturated carbocycles. The Morgan fingerprint density at radius 3 is 1.60 bits per heavy atom. The SMILES string of the molecule is Cc1cccc(C)c1-c1ccc2c3c1nc(-c1c(C)cccc1C)n3-c1cccc3c1B2c1cc2c4cc(C(C)(C)C)ccc4oc2c2nc(-c4c(C)cccc4C)n-3c12. The molecule has 5 heterocycles. The van der Waals surface area contributed by atoms with Crippen LogP contribution in [0.5, 0.6) is 0 Å². The monoisotopic (exact) mass is 776 g/mol. The van der Waals surface area contributed by atoms with Crippen molar-refractivity contribution >= 4 is 67.1 Å². The molecule has 0 bridgehead atoms. The highest BCUT2D eigenvalue weighted by Crippen LogP contribution is 2.44. The van der Waals surface area contributed by atoms with Gasteiger partial charge in [0.2, 0.25) is 0 Å². The molecule has 290 valence electrons. The van der Waals surface area contributed by atoms with Crippen molar-refractivity contribution in [2.45, 2.75) is 67.7 Å². The molecule has 7 aromatic carbocycles. The molecule has 0 radical (unpaired) electrons. The molecule has 3 aromatic heterocycles. The van der Waals surface area contributed by atoms with E-state index in [-0.39, 0.29) is 12.1 Å². The predicted octanol–water partition coefficient (Wildman–Crippen LogP) is 11.6. The smallest absolute Gasteiger partial charge is 0.252 e. The van der Waals surface area contributed by atoms with Crippen LogP contribution in [-0.2, 0) is 5.41 Å². The third-order valence-corrected chi connectivity index (χ3v) is 13.7. The molecule has 0 amide bonds. The summed E-state index contributed by atoms with van der Waals surface area (Å²) in [5, 5.41) is 2.24. The molecule has 0 spiro atoms. The van der Waals surface area contributed by atoms with Crippen LogP contribution in [0, 0.1) is 41.5 Å². The third-order valence-electron chi connectivity index (χ3n) is 13.7. The minimum atomic E-state index is -0.0709. The molecule has 12 rings (SSSR count). The number of rotatable bonds is 3. The van der Waals surface area contributed by atoms with Crippen molar-refractivity contribution in [3.8, 4) is 45.3 Å². The first kappa shape index (κ1) is 35.3. The molecule has 2 aliphatic rings. The number of fused-ring (bicyclic) bond motifs is 8. The lowest BCUT2D eigenvalue weighted by Crippen LogP contribution is -2.59. The molecule has 5 nitrogen and oxygen atoms in total. The number of furan rings is 1. The van der Waals surface area contributed by atoms with Crippen molar-refractivity contribution < 1.29 is 4.42 Å². The molecule has 0 fully saturated rings. The fourth-order valence-electron chi connectivity index (χ4n) is 10.9. The van der Waals surface area contributed by atoms with E-state index in [1.54, 1.807) is 0 Å². The highest BCUT2D eigenvalue weighted by molar-refractivity contribution is 7.00. The summed E-state index contributed by atoms with van der Waals surface area (Å²) in [6.07, 6.45) is 0. The van der Waals surface area contributed by atoms with Gasteiger partial charge in [-0.2, -0.15) is 0 Å². The van der Waals surface area contributed by atoms with Gasteiger partial charge >= 0.3 is 0 Å². The fraction of sp³-hybridized carbons (Fsp3) is 0.185. The Balaban J connectivity index is 1.28. The van der Waals surface area contributed by atoms with Gasteiger partial charge in [-0.3, -0.25) is 9.13 Å². The summed E-state index contributed by atoms with van der Waals surface area (Å²) in [5.74, 6) is 1.92. The van der Waals surface area contributed by atoms with E-state index >= 15 is 0 Å². The minimum absolute atomic E-state index is 0.0150. The number of benzene rings is 7. The zero-order valence-corrected chi connectivity index (χ0v) is 35.7. The summed E-state index contributed by atoms with van der Waals surface area (Å²) < 4.78 is 11.8. The number of aryl methyl sites for hydroxylation is 6. The zero-order chi connectivity index (χ0) is 41.1. The van der Waals surface area contributed by atoms with Crippen LogP contribution < -0.4 is 16.4 Å². The maximum absolute atomic E-state index is 6.90. The van der Waals surface area contributed by atoms with Crippen molar-refractivity contribution in [3.63, 3.8) is 0 Å². The van der Waals surface area contributed by atoms with E-state index in [0.29, 0.717) is 0 Å². The summed E-state index contributed by atoms with van der Waals surface area (Å²) in [6, 6.07) is 40.5. The molecule has 0 unspecified atom stereocenters. The lowest BCUT2D eigenvalue weighted by atomic mass is 9.34. The molecular weight excluding hydrogens is 731 g/mol. The topological polar surface area (TPSA) is 48.8 Å². The van der Waals surface area contributed by atoms with Crippen molar-refractivity contribution in [2.75, 3.05) is 0 Å². The molecule has 10 aromatic rings. The van der Waals surface area contributed by atoms with Crippen LogP contribution in [0.4, 0.5) is 0 Å². The highest BCUT2D eigenvalue weighted by atomic mass is 16.3. The van der Waals surface area contributed by atoms with Crippen LogP contribution in [0.1, 0.15) is 59.7 Å². The zero-order valence-electron chi connectivity index (χ0n) is 35.7. The lowest BCUT2D eigenvalue weighted by Gasteiger charge is -2.34. The lowest BCUT2D eigenvalue weighted by molar-refractivity contribution is 0.590. The predicted molar refractivity (Wildman–Crippen MR) is 251 cm³/mol. The highest BCUT2D eigenvalue weighted by Gasteiger charge is 2.43. The summed E-state index contributed by atoms with van der Waals surface area (Å²) in [5.41, 5.74) is 25.4. The van der Waals surface area contributed by atoms with Crippen molar-refractivity contribution in [1.29, 1.82) is 0 Å². The van der Waals surface area contributed by atoms with Gasteiger partial charge in [0.25, 0.3) is 6.71 Å². The van der Waals surface area contributed by atoms with Gasteiger partial charge in [0.1, 0.15) is 22.7 Å². The van der Waals surface area contributed by atoms with Gasteiger partial charge in [0.15, 0.2) is 5.58 Å². The Morgan fingerprint density at radius 1 is 0.517 bits per heavy atom. The van der Waals surface area contributed by atoms with Crippen molar-refractivity contribution in [2.24, 2.45) is 0 Å². The van der Waals surface area contributed by atoms with Crippen molar-refractivity contribution in [3.05, 3.63) is 148 Å². The minimum Gasteiger partial charge on any atom is -0.454 e. The number of aromatic nitrogens is 4. The summed E-state index contributed by atoms with van der Waals surface area (Å²) in [6.45, 7) is 20.1. The third kappa shape index (κ3) is 4.54. The molecular formula is C54H45BN4O. The van der Waals surface area contributed by atoms with Crippen LogP contribution in [-0.4, -0.2) is 25.8 Å². The second-order valence-electron chi connectivity index (χ2n) is 18.5. The van der Waals surface area contributed by atoms with Crippen LogP contribution in [0.2, 0.25) is 0 Å². The Labute approximate surface area is 350 Å². The molecule has 60 heavy (non-hydrogen) atoms. The van der Waals surface area contributed by atoms with Gasteiger partial charge in [-0.05, 0) is 132 Å². The van der Waals surface area contributed by atoms with Gasteiger partial charge in [-0.25, -0.2) is 9.97 Å². The second-order valence-corrected chi connectivity index (χ2v) is 18.5. The number of hydrogen-bond acceptors (Lipinski definition) is 3. The van der Waals surface area contributed by atoms with Crippen LogP contribution >= 0.6 is 0 Å². The van der Waals surface area contributed by atoms with Crippen LogP contribution in [0.25, 0.3) is 89.3 Å². The Morgan fingerprint density at radius 2 is 1.03 bits per heavy atom. The Hall–Kier alpha value is -6.66. The molecule has 0 aliphatic carbocycles. The first-order valence-electron chi connectivity index (χ1n) is 21.2.